The van der Waals surface area contributed by atoms with Gasteiger partial charge in [0.05, 0.1) is 19.5 Å². The van der Waals surface area contributed by atoms with E-state index in [1.165, 1.54) is 6.26 Å². The maximum absolute atomic E-state index is 9.14. The van der Waals surface area contributed by atoms with E-state index in [1.807, 2.05) is 0 Å². The van der Waals surface area contributed by atoms with Crippen LogP contribution in [0.2, 0.25) is 0 Å². The zero-order chi connectivity index (χ0) is 7.82. The molecule has 0 aliphatic heterocycles. The van der Waals surface area contributed by atoms with Crippen molar-refractivity contribution >= 4 is 0 Å². The van der Waals surface area contributed by atoms with Crippen molar-refractivity contribution in [2.75, 3.05) is 7.11 Å². The summed E-state index contributed by atoms with van der Waals surface area (Å²) in [6, 6.07) is 0. The fraction of sp³-hybridized carbons (Fsp3) is 0.750. The van der Waals surface area contributed by atoms with Crippen molar-refractivity contribution in [3.05, 3.63) is 12.3 Å². The lowest BCUT2D eigenvalue weighted by molar-refractivity contribution is 0.203. The predicted molar refractivity (Wildman–Crippen MR) is 41.7 cm³/mol. The molecule has 0 unspecified atom stereocenters. The molecule has 0 aliphatic carbocycles. The Bertz CT molecular complexity index is 89.3. The number of hydrogen-bond donors (Lipinski definition) is 1. The number of rotatable bonds is 5. The van der Waals surface area contributed by atoms with E-state index in [0.717, 1.165) is 19.3 Å². The molecule has 0 amide bonds. The van der Waals surface area contributed by atoms with Gasteiger partial charge in [-0.1, -0.05) is 19.8 Å². The van der Waals surface area contributed by atoms with Crippen LogP contribution in [0.25, 0.3) is 0 Å². The van der Waals surface area contributed by atoms with Gasteiger partial charge in [0.15, 0.2) is 0 Å². The van der Waals surface area contributed by atoms with E-state index in [4.69, 9.17) is 5.11 Å². The van der Waals surface area contributed by atoms with Gasteiger partial charge < -0.3 is 9.84 Å². The molecule has 1 N–H and O–H groups in total. The summed E-state index contributed by atoms with van der Waals surface area (Å²) >= 11 is 0. The van der Waals surface area contributed by atoms with Gasteiger partial charge in [-0.15, -0.1) is 0 Å². The first-order valence-corrected chi connectivity index (χ1v) is 3.68. The second-order valence-corrected chi connectivity index (χ2v) is 2.27. The van der Waals surface area contributed by atoms with E-state index >= 15 is 0 Å². The van der Waals surface area contributed by atoms with E-state index in [9.17, 15) is 0 Å². The molecular weight excluding hydrogens is 128 g/mol. The van der Waals surface area contributed by atoms with Gasteiger partial charge >= 0.3 is 0 Å². The fourth-order valence-electron chi connectivity index (χ4n) is 0.679. The minimum absolute atomic E-state index is 0.333. The number of hydrogen-bond acceptors (Lipinski definition) is 2. The molecule has 0 bridgehead atoms. The van der Waals surface area contributed by atoms with Crippen LogP contribution in [-0.2, 0) is 4.74 Å². The van der Waals surface area contributed by atoms with Gasteiger partial charge in [0.25, 0.3) is 0 Å². The molecule has 0 saturated heterocycles. The monoisotopic (exact) mass is 144 g/mol. The minimum Gasteiger partial charge on any atom is -0.505 e. The van der Waals surface area contributed by atoms with Crippen LogP contribution in [0, 0.1) is 0 Å². The topological polar surface area (TPSA) is 29.5 Å². The number of ether oxygens (including phenoxy) is 1. The first-order valence-electron chi connectivity index (χ1n) is 3.68. The van der Waals surface area contributed by atoms with Crippen molar-refractivity contribution in [1.82, 2.24) is 0 Å². The molecule has 2 nitrogen and oxygen atoms in total. The Labute approximate surface area is 62.5 Å². The lowest BCUT2D eigenvalue weighted by atomic mass is 10.2. The highest BCUT2D eigenvalue weighted by atomic mass is 16.5. The third-order valence-electron chi connectivity index (χ3n) is 1.29. The maximum Gasteiger partial charge on any atom is 0.0810 e. The molecule has 10 heavy (non-hydrogen) atoms. The summed E-state index contributed by atoms with van der Waals surface area (Å²) in [4.78, 5) is 0. The molecule has 0 rings (SSSR count). The third-order valence-corrected chi connectivity index (χ3v) is 1.29. The highest BCUT2D eigenvalue weighted by Crippen LogP contribution is 2.00. The zero-order valence-electron chi connectivity index (χ0n) is 6.71. The lowest BCUT2D eigenvalue weighted by Crippen LogP contribution is -2.00. The third kappa shape index (κ3) is 5.63. The molecular formula is C8H16O2. The highest BCUT2D eigenvalue weighted by Gasteiger charge is 1.95. The first kappa shape index (κ1) is 9.50. The van der Waals surface area contributed by atoms with Crippen molar-refractivity contribution < 1.29 is 9.84 Å². The molecule has 0 radical (unpaired) electrons. The molecule has 0 fully saturated rings. The molecule has 1 atom stereocenters. The molecule has 2 heteroatoms. The second kappa shape index (κ2) is 6.62. The predicted octanol–water partition coefficient (Wildman–Crippen LogP) is 1.70. The quantitative estimate of drug-likeness (QED) is 0.595. The van der Waals surface area contributed by atoms with Crippen LogP contribution >= 0.6 is 0 Å². The van der Waals surface area contributed by atoms with Crippen LogP contribution in [0.1, 0.15) is 26.2 Å². The zero-order valence-corrected chi connectivity index (χ0v) is 6.71. The standard InChI is InChI=1S/C8H16O2/c1-3-4-5-8(9)6-7-10-2/h6-9H,3-5H2,1-2H3/b7-6+/t8-/m0/s1. The van der Waals surface area contributed by atoms with Crippen LogP contribution in [-0.4, -0.2) is 18.3 Å². The largest absolute Gasteiger partial charge is 0.505 e. The summed E-state index contributed by atoms with van der Waals surface area (Å²) in [5.74, 6) is 0. The summed E-state index contributed by atoms with van der Waals surface area (Å²) < 4.78 is 4.65. The smallest absolute Gasteiger partial charge is 0.0810 e. The highest BCUT2D eigenvalue weighted by molar-refractivity contribution is 4.82. The number of unbranched alkanes of at least 4 members (excludes halogenated alkanes) is 1. The van der Waals surface area contributed by atoms with Crippen molar-refractivity contribution in [2.24, 2.45) is 0 Å². The average Bonchev–Trinajstić information content (AvgIpc) is 1.97. The van der Waals surface area contributed by atoms with E-state index in [2.05, 4.69) is 11.7 Å². The van der Waals surface area contributed by atoms with Gasteiger partial charge in [-0.2, -0.15) is 0 Å². The van der Waals surface area contributed by atoms with Gasteiger partial charge in [-0.25, -0.2) is 0 Å². The molecule has 0 aromatic heterocycles. The molecule has 0 aromatic rings. The summed E-state index contributed by atoms with van der Waals surface area (Å²) in [5, 5.41) is 9.14. The molecule has 60 valence electrons. The van der Waals surface area contributed by atoms with Gasteiger partial charge in [-0.3, -0.25) is 0 Å². The second-order valence-electron chi connectivity index (χ2n) is 2.27. The Morgan fingerprint density at radius 3 is 2.80 bits per heavy atom. The molecule has 0 spiro atoms. The van der Waals surface area contributed by atoms with Gasteiger partial charge in [0.2, 0.25) is 0 Å². The van der Waals surface area contributed by atoms with Crippen molar-refractivity contribution in [3.63, 3.8) is 0 Å². The number of aliphatic hydroxyl groups excluding tert-OH is 1. The summed E-state index contributed by atoms with van der Waals surface area (Å²) in [5.41, 5.74) is 0. The van der Waals surface area contributed by atoms with E-state index in [-0.39, 0.29) is 6.10 Å². The molecule has 0 saturated carbocycles. The normalized spacial score (nSPS) is 13.9. The Kier molecular flexibility index (Phi) is 6.29. The lowest BCUT2D eigenvalue weighted by Gasteiger charge is -2.01. The summed E-state index contributed by atoms with van der Waals surface area (Å²) in [6.45, 7) is 2.10. The first-order chi connectivity index (χ1) is 4.81. The maximum atomic E-state index is 9.14. The fourth-order valence-corrected chi connectivity index (χ4v) is 0.679. The van der Waals surface area contributed by atoms with Crippen LogP contribution < -0.4 is 0 Å². The molecule has 0 aromatic carbocycles. The van der Waals surface area contributed by atoms with Gasteiger partial charge in [0, 0.05) is 0 Å². The van der Waals surface area contributed by atoms with Crippen molar-refractivity contribution in [2.45, 2.75) is 32.3 Å². The SMILES string of the molecule is CCCC[C@H](O)/C=C/OC. The Hall–Kier alpha value is -0.500. The minimum atomic E-state index is -0.333. The Morgan fingerprint density at radius 2 is 2.30 bits per heavy atom. The van der Waals surface area contributed by atoms with Gasteiger partial charge in [-0.05, 0) is 12.5 Å². The Balaban J connectivity index is 3.24. The van der Waals surface area contributed by atoms with E-state index in [1.54, 1.807) is 13.2 Å². The summed E-state index contributed by atoms with van der Waals surface area (Å²) in [6.07, 6.45) is 5.86. The molecule has 0 aliphatic rings. The van der Waals surface area contributed by atoms with Gasteiger partial charge in [0.1, 0.15) is 0 Å². The van der Waals surface area contributed by atoms with Crippen molar-refractivity contribution in [1.29, 1.82) is 0 Å². The van der Waals surface area contributed by atoms with Crippen LogP contribution in [0.15, 0.2) is 12.3 Å². The van der Waals surface area contributed by atoms with Crippen LogP contribution in [0.5, 0.6) is 0 Å². The molecule has 0 heterocycles. The average molecular weight is 144 g/mol. The van der Waals surface area contributed by atoms with Crippen molar-refractivity contribution in [3.8, 4) is 0 Å². The number of aliphatic hydroxyl groups is 1. The van der Waals surface area contributed by atoms with Crippen LogP contribution in [0.4, 0.5) is 0 Å². The Morgan fingerprint density at radius 1 is 1.60 bits per heavy atom. The summed E-state index contributed by atoms with van der Waals surface area (Å²) in [7, 11) is 1.57. The van der Waals surface area contributed by atoms with E-state index in [0.29, 0.717) is 0 Å². The number of methoxy groups -OCH3 is 1. The van der Waals surface area contributed by atoms with E-state index < -0.39 is 0 Å². The van der Waals surface area contributed by atoms with Crippen LogP contribution in [0.3, 0.4) is 0 Å².